The summed E-state index contributed by atoms with van der Waals surface area (Å²) < 4.78 is 15.5. The molecule has 0 amide bonds. The maximum Gasteiger partial charge on any atom is 0.131 e. The van der Waals surface area contributed by atoms with E-state index in [1.165, 1.54) is 5.39 Å². The van der Waals surface area contributed by atoms with E-state index in [2.05, 4.69) is 36.7 Å². The van der Waals surface area contributed by atoms with Crippen LogP contribution in [0.15, 0.2) is 47.8 Å². The summed E-state index contributed by atoms with van der Waals surface area (Å²) in [5.74, 6) is -0.164. The number of fused-ring (bicyclic) bond motifs is 1. The summed E-state index contributed by atoms with van der Waals surface area (Å²) in [6.45, 7) is 5.08. The van der Waals surface area contributed by atoms with Gasteiger partial charge in [0.15, 0.2) is 0 Å². The Morgan fingerprint density at radius 2 is 2.00 bits per heavy atom. The van der Waals surface area contributed by atoms with Crippen molar-refractivity contribution in [1.29, 1.82) is 0 Å². The van der Waals surface area contributed by atoms with Crippen LogP contribution in [0.5, 0.6) is 0 Å². The first-order valence-electron chi connectivity index (χ1n) is 7.20. The number of hydrogen-bond acceptors (Lipinski definition) is 2. The summed E-state index contributed by atoms with van der Waals surface area (Å²) in [5, 5.41) is 6.59. The molecular weight excluding hydrogens is 281 g/mol. The van der Waals surface area contributed by atoms with E-state index in [1.807, 2.05) is 24.3 Å². The van der Waals surface area contributed by atoms with Gasteiger partial charge >= 0.3 is 0 Å². The molecule has 1 heterocycles. The van der Waals surface area contributed by atoms with E-state index in [4.69, 9.17) is 0 Å². The molecule has 0 spiro atoms. The zero-order valence-electron chi connectivity index (χ0n) is 12.2. The molecule has 0 aliphatic rings. The maximum absolute atomic E-state index is 14.3. The summed E-state index contributed by atoms with van der Waals surface area (Å²) in [5.41, 5.74) is 2.78. The lowest BCUT2D eigenvalue weighted by molar-refractivity contribution is 0.593. The summed E-state index contributed by atoms with van der Waals surface area (Å²) in [7, 11) is 0. The van der Waals surface area contributed by atoms with E-state index < -0.39 is 0 Å². The fourth-order valence-electron chi connectivity index (χ4n) is 2.65. The molecule has 0 saturated heterocycles. The van der Waals surface area contributed by atoms with Crippen LogP contribution < -0.4 is 5.32 Å². The summed E-state index contributed by atoms with van der Waals surface area (Å²) in [6.07, 6.45) is 0. The first-order valence-corrected chi connectivity index (χ1v) is 8.08. The minimum Gasteiger partial charge on any atom is -0.310 e. The minimum absolute atomic E-state index is 0.164. The van der Waals surface area contributed by atoms with Gasteiger partial charge in [0.2, 0.25) is 0 Å². The molecule has 0 aliphatic heterocycles. The monoisotopic (exact) mass is 299 g/mol. The summed E-state index contributed by atoms with van der Waals surface area (Å²) in [4.78, 5) is 0. The second-order valence-corrected chi connectivity index (χ2v) is 6.08. The highest BCUT2D eigenvalue weighted by molar-refractivity contribution is 7.17. The Balaban J connectivity index is 2.13. The molecule has 0 saturated carbocycles. The summed E-state index contributed by atoms with van der Waals surface area (Å²) in [6, 6.07) is 13.8. The molecule has 1 N–H and O–H groups in total. The third kappa shape index (κ3) is 2.71. The first-order chi connectivity index (χ1) is 10.2. The van der Waals surface area contributed by atoms with Gasteiger partial charge in [0, 0.05) is 21.9 Å². The molecule has 108 valence electrons. The number of hydrogen-bond donors (Lipinski definition) is 1. The van der Waals surface area contributed by atoms with Gasteiger partial charge in [-0.3, -0.25) is 0 Å². The second-order valence-electron chi connectivity index (χ2n) is 5.16. The van der Waals surface area contributed by atoms with Gasteiger partial charge in [-0.05, 0) is 48.0 Å². The van der Waals surface area contributed by atoms with Crippen molar-refractivity contribution in [2.75, 3.05) is 6.54 Å². The van der Waals surface area contributed by atoms with E-state index in [-0.39, 0.29) is 11.9 Å². The third-order valence-electron chi connectivity index (χ3n) is 3.77. The highest BCUT2D eigenvalue weighted by atomic mass is 32.1. The van der Waals surface area contributed by atoms with Crippen molar-refractivity contribution in [2.45, 2.75) is 19.9 Å². The molecule has 1 aromatic heterocycles. The van der Waals surface area contributed by atoms with E-state index in [0.29, 0.717) is 5.56 Å². The van der Waals surface area contributed by atoms with Crippen LogP contribution in [0.25, 0.3) is 21.2 Å². The van der Waals surface area contributed by atoms with Gasteiger partial charge in [0.05, 0.1) is 0 Å². The lowest BCUT2D eigenvalue weighted by Gasteiger charge is -2.15. The van der Waals surface area contributed by atoms with E-state index in [1.54, 1.807) is 17.4 Å². The van der Waals surface area contributed by atoms with E-state index >= 15 is 0 Å². The number of thiophene rings is 1. The molecule has 3 rings (SSSR count). The Labute approximate surface area is 128 Å². The van der Waals surface area contributed by atoms with Crippen molar-refractivity contribution in [1.82, 2.24) is 5.32 Å². The SMILES string of the molecule is CCNC(C)c1ccc(F)c(-c2cccc3ccsc23)c1. The molecule has 1 nitrogen and oxygen atoms in total. The molecule has 0 bridgehead atoms. The topological polar surface area (TPSA) is 12.0 Å². The Morgan fingerprint density at radius 3 is 2.81 bits per heavy atom. The third-order valence-corrected chi connectivity index (χ3v) is 4.73. The molecule has 0 fully saturated rings. The van der Waals surface area contributed by atoms with Crippen molar-refractivity contribution in [2.24, 2.45) is 0 Å². The van der Waals surface area contributed by atoms with Crippen LogP contribution in [-0.2, 0) is 0 Å². The number of rotatable bonds is 4. The largest absolute Gasteiger partial charge is 0.310 e. The van der Waals surface area contributed by atoms with Crippen molar-refractivity contribution >= 4 is 21.4 Å². The smallest absolute Gasteiger partial charge is 0.131 e. The molecule has 0 radical (unpaired) electrons. The Morgan fingerprint density at radius 1 is 1.14 bits per heavy atom. The average molecular weight is 299 g/mol. The molecule has 21 heavy (non-hydrogen) atoms. The van der Waals surface area contributed by atoms with Crippen LogP contribution in [0.2, 0.25) is 0 Å². The van der Waals surface area contributed by atoms with Gasteiger partial charge in [0.25, 0.3) is 0 Å². The second kappa shape index (κ2) is 5.96. The van der Waals surface area contributed by atoms with E-state index in [9.17, 15) is 4.39 Å². The molecule has 2 aromatic carbocycles. The first kappa shape index (κ1) is 14.2. The predicted molar refractivity (Wildman–Crippen MR) is 89.3 cm³/mol. The van der Waals surface area contributed by atoms with Crippen molar-refractivity contribution < 1.29 is 4.39 Å². The van der Waals surface area contributed by atoms with E-state index in [0.717, 1.165) is 22.4 Å². The van der Waals surface area contributed by atoms with Gasteiger partial charge in [-0.2, -0.15) is 0 Å². The Bertz CT molecular complexity index is 763. The molecule has 1 atom stereocenters. The summed E-state index contributed by atoms with van der Waals surface area (Å²) >= 11 is 1.66. The standard InChI is InChI=1S/C18H18FNS/c1-3-20-12(2)14-7-8-17(19)16(11-14)15-6-4-5-13-9-10-21-18(13)15/h4-12,20H,3H2,1-2H3. The van der Waals surface area contributed by atoms with Gasteiger partial charge in [-0.25, -0.2) is 4.39 Å². The van der Waals surface area contributed by atoms with Crippen molar-refractivity contribution in [3.8, 4) is 11.1 Å². The lowest BCUT2D eigenvalue weighted by atomic mass is 9.98. The van der Waals surface area contributed by atoms with Crippen molar-refractivity contribution in [3.05, 3.63) is 59.2 Å². The number of halogens is 1. The molecular formula is C18H18FNS. The normalized spacial score (nSPS) is 12.7. The maximum atomic E-state index is 14.3. The zero-order chi connectivity index (χ0) is 14.8. The lowest BCUT2D eigenvalue weighted by Crippen LogP contribution is -2.17. The molecule has 1 unspecified atom stereocenters. The highest BCUT2D eigenvalue weighted by Gasteiger charge is 2.12. The fourth-order valence-corrected chi connectivity index (χ4v) is 3.58. The Hall–Kier alpha value is -1.71. The van der Waals surface area contributed by atoms with Crippen LogP contribution in [0.3, 0.4) is 0 Å². The van der Waals surface area contributed by atoms with Gasteiger partial charge in [-0.1, -0.05) is 31.2 Å². The zero-order valence-corrected chi connectivity index (χ0v) is 13.0. The quantitative estimate of drug-likeness (QED) is 0.682. The van der Waals surface area contributed by atoms with Crippen LogP contribution in [-0.4, -0.2) is 6.54 Å². The minimum atomic E-state index is -0.164. The van der Waals surface area contributed by atoms with Crippen LogP contribution in [0.1, 0.15) is 25.5 Å². The molecule has 0 aliphatic carbocycles. The highest BCUT2D eigenvalue weighted by Crippen LogP contribution is 2.35. The van der Waals surface area contributed by atoms with Crippen LogP contribution in [0, 0.1) is 5.82 Å². The van der Waals surface area contributed by atoms with Crippen LogP contribution >= 0.6 is 11.3 Å². The predicted octanol–water partition coefficient (Wildman–Crippen LogP) is 5.38. The molecule has 3 aromatic rings. The van der Waals surface area contributed by atoms with Gasteiger partial charge in [0.1, 0.15) is 5.82 Å². The molecule has 3 heteroatoms. The number of nitrogens with one attached hydrogen (secondary N) is 1. The van der Waals surface area contributed by atoms with Gasteiger partial charge in [-0.15, -0.1) is 11.3 Å². The number of benzene rings is 2. The average Bonchev–Trinajstić information content (AvgIpc) is 2.96. The van der Waals surface area contributed by atoms with Crippen molar-refractivity contribution in [3.63, 3.8) is 0 Å². The van der Waals surface area contributed by atoms with Crippen LogP contribution in [0.4, 0.5) is 4.39 Å². The fraction of sp³-hybridized carbons (Fsp3) is 0.222. The van der Waals surface area contributed by atoms with Gasteiger partial charge < -0.3 is 5.32 Å². The Kier molecular flexibility index (Phi) is 4.04.